The third-order valence-corrected chi connectivity index (χ3v) is 2.23. The summed E-state index contributed by atoms with van der Waals surface area (Å²) < 4.78 is 14.7. The first-order chi connectivity index (χ1) is 5.95. The van der Waals surface area contributed by atoms with E-state index in [1.54, 1.807) is 0 Å². The molecule has 6 nitrogen and oxygen atoms in total. The molecule has 1 amide bonds. The molecule has 0 aliphatic heterocycles. The molecule has 0 spiro atoms. The standard InChI is InChI=1S/C6H14NO5P/c1-12-6(8)7-4-2-3-5-13(9,10)11/h2-5H2,1H3,(H,7,8)(H2,9,10,11). The molecule has 0 saturated carbocycles. The van der Waals surface area contributed by atoms with E-state index in [4.69, 9.17) is 9.79 Å². The number of methoxy groups -OCH3 is 1. The van der Waals surface area contributed by atoms with Crippen LogP contribution in [-0.4, -0.2) is 35.7 Å². The van der Waals surface area contributed by atoms with E-state index in [1.165, 1.54) is 7.11 Å². The topological polar surface area (TPSA) is 95.9 Å². The molecule has 0 rings (SSSR count). The van der Waals surface area contributed by atoms with Crippen LogP contribution in [0.1, 0.15) is 12.8 Å². The average Bonchev–Trinajstić information content (AvgIpc) is 2.01. The van der Waals surface area contributed by atoms with Gasteiger partial charge < -0.3 is 19.8 Å². The second kappa shape index (κ2) is 5.96. The minimum Gasteiger partial charge on any atom is -0.453 e. The average molecular weight is 211 g/mol. The lowest BCUT2D eigenvalue weighted by molar-refractivity contribution is 0.171. The molecule has 0 aliphatic carbocycles. The molecule has 13 heavy (non-hydrogen) atoms. The fourth-order valence-electron chi connectivity index (χ4n) is 0.705. The Hall–Kier alpha value is -0.580. The van der Waals surface area contributed by atoms with Gasteiger partial charge in [0.15, 0.2) is 0 Å². The predicted octanol–water partition coefficient (Wildman–Crippen LogP) is 0.300. The van der Waals surface area contributed by atoms with Crippen LogP contribution in [0.2, 0.25) is 0 Å². The number of carbonyl (C=O) groups is 1. The van der Waals surface area contributed by atoms with Crippen LogP contribution < -0.4 is 5.32 Å². The minimum atomic E-state index is -3.88. The maximum absolute atomic E-state index is 10.5. The Morgan fingerprint density at radius 1 is 1.46 bits per heavy atom. The summed E-state index contributed by atoms with van der Waals surface area (Å²) in [5.41, 5.74) is 0. The second-order valence-corrected chi connectivity index (χ2v) is 4.29. The molecule has 7 heteroatoms. The largest absolute Gasteiger partial charge is 0.453 e. The summed E-state index contributed by atoms with van der Waals surface area (Å²) in [6.07, 6.45) is 0.237. The highest BCUT2D eigenvalue weighted by molar-refractivity contribution is 7.51. The number of alkyl carbamates (subject to hydrolysis) is 1. The van der Waals surface area contributed by atoms with Crippen molar-refractivity contribution in [2.24, 2.45) is 0 Å². The van der Waals surface area contributed by atoms with E-state index in [2.05, 4.69) is 10.1 Å². The fraction of sp³-hybridized carbons (Fsp3) is 0.833. The van der Waals surface area contributed by atoms with Crippen LogP contribution >= 0.6 is 7.60 Å². The summed E-state index contributed by atoms with van der Waals surface area (Å²) in [5, 5.41) is 2.40. The SMILES string of the molecule is COC(=O)NCCCCP(=O)(O)O. The van der Waals surface area contributed by atoms with E-state index in [-0.39, 0.29) is 6.16 Å². The van der Waals surface area contributed by atoms with Gasteiger partial charge >= 0.3 is 13.7 Å². The van der Waals surface area contributed by atoms with E-state index < -0.39 is 13.7 Å². The van der Waals surface area contributed by atoms with E-state index in [0.29, 0.717) is 19.4 Å². The molecule has 0 aromatic carbocycles. The van der Waals surface area contributed by atoms with Gasteiger partial charge in [0.1, 0.15) is 0 Å². The van der Waals surface area contributed by atoms with Crippen molar-refractivity contribution in [3.05, 3.63) is 0 Å². The highest BCUT2D eigenvalue weighted by Gasteiger charge is 2.11. The molecule has 0 unspecified atom stereocenters. The Labute approximate surface area is 76.4 Å². The smallest absolute Gasteiger partial charge is 0.406 e. The highest BCUT2D eigenvalue weighted by Crippen LogP contribution is 2.35. The quantitative estimate of drug-likeness (QED) is 0.449. The molecule has 0 saturated heterocycles. The first-order valence-electron chi connectivity index (χ1n) is 3.82. The lowest BCUT2D eigenvalue weighted by Crippen LogP contribution is -2.24. The van der Waals surface area contributed by atoms with E-state index >= 15 is 0 Å². The van der Waals surface area contributed by atoms with Gasteiger partial charge in [0.05, 0.1) is 7.11 Å². The zero-order valence-electron chi connectivity index (χ0n) is 7.39. The van der Waals surface area contributed by atoms with Gasteiger partial charge in [0.2, 0.25) is 0 Å². The summed E-state index contributed by atoms with van der Waals surface area (Å²) >= 11 is 0. The van der Waals surface area contributed by atoms with E-state index in [9.17, 15) is 9.36 Å². The monoisotopic (exact) mass is 211 g/mol. The predicted molar refractivity (Wildman–Crippen MR) is 46.6 cm³/mol. The number of ether oxygens (including phenoxy) is 1. The third-order valence-electron chi connectivity index (χ3n) is 1.33. The van der Waals surface area contributed by atoms with Crippen LogP contribution in [0.4, 0.5) is 4.79 Å². The fourth-order valence-corrected chi connectivity index (χ4v) is 1.34. The zero-order valence-corrected chi connectivity index (χ0v) is 8.29. The number of unbranched alkanes of at least 4 members (excludes halogenated alkanes) is 1. The molecule has 0 atom stereocenters. The van der Waals surface area contributed by atoms with Gasteiger partial charge in [-0.2, -0.15) is 0 Å². The molecule has 0 fully saturated rings. The van der Waals surface area contributed by atoms with E-state index in [1.807, 2.05) is 0 Å². The Morgan fingerprint density at radius 2 is 2.08 bits per heavy atom. The molecule has 3 N–H and O–H groups in total. The first kappa shape index (κ1) is 12.4. The molecule has 0 heterocycles. The number of nitrogens with one attached hydrogen (secondary N) is 1. The first-order valence-corrected chi connectivity index (χ1v) is 5.62. The lowest BCUT2D eigenvalue weighted by atomic mass is 10.3. The molecule has 0 bridgehead atoms. The summed E-state index contributed by atoms with van der Waals surface area (Å²) in [7, 11) is -2.63. The molecular formula is C6H14NO5P. The maximum Gasteiger partial charge on any atom is 0.406 e. The molecule has 0 aliphatic rings. The van der Waals surface area contributed by atoms with Crippen molar-refractivity contribution < 1.29 is 23.9 Å². The number of hydrogen-bond donors (Lipinski definition) is 3. The van der Waals surface area contributed by atoms with Crippen LogP contribution in [0.5, 0.6) is 0 Å². The Morgan fingerprint density at radius 3 is 2.54 bits per heavy atom. The third kappa shape index (κ3) is 9.33. The zero-order chi connectivity index (χ0) is 10.3. The van der Waals surface area contributed by atoms with Crippen molar-refractivity contribution in [1.82, 2.24) is 5.32 Å². The van der Waals surface area contributed by atoms with E-state index in [0.717, 1.165) is 0 Å². The van der Waals surface area contributed by atoms with Crippen molar-refractivity contribution in [3.63, 3.8) is 0 Å². The van der Waals surface area contributed by atoms with Gasteiger partial charge in [-0.05, 0) is 12.8 Å². The molecule has 78 valence electrons. The Balaban J connectivity index is 3.27. The van der Waals surface area contributed by atoms with Gasteiger partial charge in [-0.25, -0.2) is 4.79 Å². The number of amides is 1. The molecular weight excluding hydrogens is 197 g/mol. The second-order valence-electron chi connectivity index (χ2n) is 2.51. The van der Waals surface area contributed by atoms with Gasteiger partial charge in [-0.3, -0.25) is 4.57 Å². The van der Waals surface area contributed by atoms with Crippen molar-refractivity contribution in [2.75, 3.05) is 19.8 Å². The number of hydrogen-bond acceptors (Lipinski definition) is 3. The van der Waals surface area contributed by atoms with Crippen LogP contribution in [-0.2, 0) is 9.30 Å². The summed E-state index contributed by atoms with van der Waals surface area (Å²) in [6.45, 7) is 0.368. The maximum atomic E-state index is 10.5. The van der Waals surface area contributed by atoms with Gasteiger partial charge in [-0.1, -0.05) is 0 Å². The summed E-state index contributed by atoms with van der Waals surface area (Å²) in [4.78, 5) is 27.4. The van der Waals surface area contributed by atoms with Crippen LogP contribution in [0.3, 0.4) is 0 Å². The number of rotatable bonds is 5. The Kier molecular flexibility index (Phi) is 5.70. The normalized spacial score (nSPS) is 11.0. The molecule has 0 aromatic heterocycles. The van der Waals surface area contributed by atoms with Gasteiger partial charge in [-0.15, -0.1) is 0 Å². The molecule has 0 radical (unpaired) electrons. The van der Waals surface area contributed by atoms with Crippen LogP contribution in [0.15, 0.2) is 0 Å². The van der Waals surface area contributed by atoms with Gasteiger partial charge in [0, 0.05) is 12.7 Å². The van der Waals surface area contributed by atoms with Crippen molar-refractivity contribution in [2.45, 2.75) is 12.8 Å². The van der Waals surface area contributed by atoms with Crippen molar-refractivity contribution in [3.8, 4) is 0 Å². The van der Waals surface area contributed by atoms with Crippen molar-refractivity contribution >= 4 is 13.7 Å². The van der Waals surface area contributed by atoms with Crippen LogP contribution in [0, 0.1) is 0 Å². The summed E-state index contributed by atoms with van der Waals surface area (Å²) in [5.74, 6) is 0. The summed E-state index contributed by atoms with van der Waals surface area (Å²) in [6, 6.07) is 0. The van der Waals surface area contributed by atoms with Crippen LogP contribution in [0.25, 0.3) is 0 Å². The minimum absolute atomic E-state index is 0.143. The Bertz CT molecular complexity index is 201. The number of carbonyl (C=O) groups excluding carboxylic acids is 1. The van der Waals surface area contributed by atoms with Crippen molar-refractivity contribution in [1.29, 1.82) is 0 Å². The van der Waals surface area contributed by atoms with Gasteiger partial charge in [0.25, 0.3) is 0 Å². The molecule has 0 aromatic rings. The highest BCUT2D eigenvalue weighted by atomic mass is 31.2. The lowest BCUT2D eigenvalue weighted by Gasteiger charge is -2.04.